The van der Waals surface area contributed by atoms with E-state index in [4.69, 9.17) is 10.5 Å². The van der Waals surface area contributed by atoms with Crippen LogP contribution in [0.5, 0.6) is 5.75 Å². The van der Waals surface area contributed by atoms with Crippen LogP contribution in [0.4, 0.5) is 10.3 Å². The summed E-state index contributed by atoms with van der Waals surface area (Å²) in [5.41, 5.74) is 8.02. The average Bonchev–Trinajstić information content (AvgIpc) is 2.69. The van der Waals surface area contributed by atoms with Crippen LogP contribution in [-0.4, -0.2) is 33.0 Å². The first-order chi connectivity index (χ1) is 13.5. The van der Waals surface area contributed by atoms with Crippen LogP contribution in [0.1, 0.15) is 26.3 Å². The molecular weight excluding hydrogens is 361 g/mol. The molecule has 146 valence electrons. The number of ether oxygens (including phenoxy) is 1. The van der Waals surface area contributed by atoms with Crippen LogP contribution < -0.4 is 16.0 Å². The number of para-hydroxylation sites is 1. The molecule has 2 heterocycles. The molecule has 2 N–H and O–H groups in total. The Morgan fingerprint density at radius 1 is 1.18 bits per heavy atom. The molecule has 2 aromatic heterocycles. The molecule has 0 aliphatic carbocycles. The lowest BCUT2D eigenvalue weighted by Crippen LogP contribution is -2.24. The van der Waals surface area contributed by atoms with Gasteiger partial charge in [-0.25, -0.2) is 14.6 Å². The highest BCUT2D eigenvalue weighted by Crippen LogP contribution is 2.35. The lowest BCUT2D eigenvalue weighted by molar-refractivity contribution is 0.290. The van der Waals surface area contributed by atoms with E-state index in [2.05, 4.69) is 15.1 Å². The van der Waals surface area contributed by atoms with Gasteiger partial charge in [-0.3, -0.25) is 9.18 Å². The van der Waals surface area contributed by atoms with Crippen LogP contribution in [0.15, 0.2) is 47.4 Å². The summed E-state index contributed by atoms with van der Waals surface area (Å²) in [6.45, 7) is 3.56. The fourth-order valence-electron chi connectivity index (χ4n) is 2.75. The van der Waals surface area contributed by atoms with Gasteiger partial charge in [-0.05, 0) is 32.0 Å². The number of benzene rings is 1. The van der Waals surface area contributed by atoms with Gasteiger partial charge in [-0.2, -0.15) is 5.10 Å². The largest absolute Gasteiger partial charge is 0.493 e. The Bertz CT molecular complexity index is 1020. The first kappa shape index (κ1) is 19.5. The molecule has 3 aromatic rings. The fourth-order valence-corrected chi connectivity index (χ4v) is 2.75. The number of halogens is 1. The smallest absolute Gasteiger partial charge is 0.267 e. The summed E-state index contributed by atoms with van der Waals surface area (Å²) in [5.74, 6) is 0.668. The third kappa shape index (κ3) is 4.16. The van der Waals surface area contributed by atoms with Crippen molar-refractivity contribution in [3.05, 3.63) is 52.9 Å². The first-order valence-corrected chi connectivity index (χ1v) is 9.02. The molecule has 0 radical (unpaired) electrons. The van der Waals surface area contributed by atoms with Gasteiger partial charge < -0.3 is 10.5 Å². The SMILES string of the molecule is CC(C)n1nc(-c2cnc(N)nc2-c2ccccc2OCCCF)ccc1=O. The van der Waals surface area contributed by atoms with Crippen LogP contribution in [0.3, 0.4) is 0 Å². The topological polar surface area (TPSA) is 95.9 Å². The predicted molar refractivity (Wildman–Crippen MR) is 106 cm³/mol. The first-order valence-electron chi connectivity index (χ1n) is 9.02. The number of hydrogen-bond acceptors (Lipinski definition) is 6. The Kier molecular flexibility index (Phi) is 5.98. The number of nitrogen functional groups attached to an aromatic ring is 1. The van der Waals surface area contributed by atoms with E-state index in [-0.39, 0.29) is 24.2 Å². The van der Waals surface area contributed by atoms with Crippen LogP contribution in [0, 0.1) is 0 Å². The number of aromatic nitrogens is 4. The minimum atomic E-state index is -0.450. The Hall–Kier alpha value is -3.29. The zero-order chi connectivity index (χ0) is 20.1. The molecule has 0 fully saturated rings. The van der Waals surface area contributed by atoms with Crippen molar-refractivity contribution in [3.63, 3.8) is 0 Å². The van der Waals surface area contributed by atoms with Crippen molar-refractivity contribution in [2.24, 2.45) is 0 Å². The van der Waals surface area contributed by atoms with Crippen molar-refractivity contribution < 1.29 is 9.13 Å². The number of anilines is 1. The zero-order valence-corrected chi connectivity index (χ0v) is 15.8. The molecular formula is C20H22FN5O2. The van der Waals surface area contributed by atoms with E-state index in [9.17, 15) is 9.18 Å². The maximum Gasteiger partial charge on any atom is 0.267 e. The van der Waals surface area contributed by atoms with Crippen molar-refractivity contribution in [1.29, 1.82) is 0 Å². The lowest BCUT2D eigenvalue weighted by Gasteiger charge is -2.15. The molecule has 1 aromatic carbocycles. The van der Waals surface area contributed by atoms with Crippen molar-refractivity contribution in [1.82, 2.24) is 19.7 Å². The van der Waals surface area contributed by atoms with Gasteiger partial charge in [0.1, 0.15) is 5.75 Å². The van der Waals surface area contributed by atoms with E-state index in [1.165, 1.54) is 10.7 Å². The van der Waals surface area contributed by atoms with E-state index in [0.717, 1.165) is 0 Å². The van der Waals surface area contributed by atoms with Gasteiger partial charge in [-0.15, -0.1) is 0 Å². The number of alkyl halides is 1. The minimum Gasteiger partial charge on any atom is -0.493 e. The van der Waals surface area contributed by atoms with Crippen molar-refractivity contribution in [2.45, 2.75) is 26.3 Å². The van der Waals surface area contributed by atoms with Gasteiger partial charge in [0.25, 0.3) is 5.56 Å². The van der Waals surface area contributed by atoms with Crippen LogP contribution in [0.25, 0.3) is 22.5 Å². The highest BCUT2D eigenvalue weighted by molar-refractivity contribution is 5.81. The summed E-state index contributed by atoms with van der Waals surface area (Å²) >= 11 is 0. The number of nitrogens with zero attached hydrogens (tertiary/aromatic N) is 4. The molecule has 0 saturated carbocycles. The second kappa shape index (κ2) is 8.60. The van der Waals surface area contributed by atoms with Gasteiger partial charge in [0.15, 0.2) is 0 Å². The highest BCUT2D eigenvalue weighted by Gasteiger charge is 2.17. The maximum absolute atomic E-state index is 12.4. The van der Waals surface area contributed by atoms with Gasteiger partial charge in [-0.1, -0.05) is 12.1 Å². The molecule has 0 aliphatic heterocycles. The van der Waals surface area contributed by atoms with Gasteiger partial charge >= 0.3 is 0 Å². The summed E-state index contributed by atoms with van der Waals surface area (Å²) in [4.78, 5) is 20.5. The molecule has 0 aliphatic rings. The second-order valence-electron chi connectivity index (χ2n) is 6.47. The normalized spacial score (nSPS) is 11.0. The molecule has 0 amide bonds. The third-order valence-corrected chi connectivity index (χ3v) is 4.08. The standard InChI is InChI=1S/C20H22FN5O2/c1-13(2)26-18(27)9-8-16(25-26)15-12-23-20(22)24-19(15)14-6-3-4-7-17(14)28-11-5-10-21/h3-4,6-9,12-13H,5,10-11H2,1-2H3,(H2,22,23,24). The molecule has 0 unspecified atom stereocenters. The van der Waals surface area contributed by atoms with Gasteiger partial charge in [0.2, 0.25) is 5.95 Å². The molecule has 3 rings (SSSR count). The maximum atomic E-state index is 12.4. The van der Waals surface area contributed by atoms with Crippen LogP contribution in [0.2, 0.25) is 0 Å². The monoisotopic (exact) mass is 383 g/mol. The quantitative estimate of drug-likeness (QED) is 0.629. The predicted octanol–water partition coefficient (Wildman–Crippen LogP) is 3.27. The summed E-state index contributed by atoms with van der Waals surface area (Å²) in [5, 5.41) is 4.46. The molecule has 28 heavy (non-hydrogen) atoms. The van der Waals surface area contributed by atoms with Gasteiger partial charge in [0.05, 0.1) is 30.7 Å². The summed E-state index contributed by atoms with van der Waals surface area (Å²) in [7, 11) is 0. The Morgan fingerprint density at radius 3 is 2.71 bits per heavy atom. The summed E-state index contributed by atoms with van der Waals surface area (Å²) in [6, 6.07) is 10.3. The fraction of sp³-hybridized carbons (Fsp3) is 0.300. The zero-order valence-electron chi connectivity index (χ0n) is 15.8. The number of hydrogen-bond donors (Lipinski definition) is 1. The van der Waals surface area contributed by atoms with E-state index >= 15 is 0 Å². The van der Waals surface area contributed by atoms with Gasteiger partial charge in [0, 0.05) is 29.8 Å². The molecule has 7 nitrogen and oxygen atoms in total. The van der Waals surface area contributed by atoms with E-state index < -0.39 is 6.67 Å². The van der Waals surface area contributed by atoms with Crippen molar-refractivity contribution >= 4 is 5.95 Å². The van der Waals surface area contributed by atoms with Crippen molar-refractivity contribution in [2.75, 3.05) is 19.0 Å². The Balaban J connectivity index is 2.14. The molecule has 8 heteroatoms. The second-order valence-corrected chi connectivity index (χ2v) is 6.47. The average molecular weight is 383 g/mol. The molecule has 0 atom stereocenters. The Labute approximate surface area is 162 Å². The van der Waals surface area contributed by atoms with Crippen molar-refractivity contribution in [3.8, 4) is 28.3 Å². The molecule has 0 bridgehead atoms. The van der Waals surface area contributed by atoms with E-state index in [1.54, 1.807) is 18.3 Å². The highest BCUT2D eigenvalue weighted by atomic mass is 19.1. The summed E-state index contributed by atoms with van der Waals surface area (Å²) < 4.78 is 19.6. The molecule has 0 spiro atoms. The third-order valence-electron chi connectivity index (χ3n) is 4.08. The summed E-state index contributed by atoms with van der Waals surface area (Å²) in [6.07, 6.45) is 1.88. The minimum absolute atomic E-state index is 0.0954. The lowest BCUT2D eigenvalue weighted by atomic mass is 10.0. The Morgan fingerprint density at radius 2 is 1.96 bits per heavy atom. The van der Waals surface area contributed by atoms with Crippen LogP contribution >= 0.6 is 0 Å². The molecule has 0 saturated heterocycles. The van der Waals surface area contributed by atoms with Crippen LogP contribution in [-0.2, 0) is 0 Å². The van der Waals surface area contributed by atoms with E-state index in [0.29, 0.717) is 34.7 Å². The number of nitrogens with two attached hydrogens (primary N) is 1. The van der Waals surface area contributed by atoms with E-state index in [1.807, 2.05) is 32.0 Å². The number of rotatable bonds is 7.